The minimum absolute atomic E-state index is 0.0830. The van der Waals surface area contributed by atoms with Crippen molar-refractivity contribution in [3.63, 3.8) is 0 Å². The number of benzene rings is 3. The van der Waals surface area contributed by atoms with Gasteiger partial charge in [0.15, 0.2) is 5.75 Å². The summed E-state index contributed by atoms with van der Waals surface area (Å²) in [7, 11) is 1.58. The van der Waals surface area contributed by atoms with E-state index < -0.39 is 5.91 Å². The highest BCUT2D eigenvalue weighted by molar-refractivity contribution is 6.37. The second-order valence-electron chi connectivity index (χ2n) is 6.89. The Bertz CT molecular complexity index is 1200. The average molecular weight is 502 g/mol. The van der Waals surface area contributed by atoms with Gasteiger partial charge in [-0.05, 0) is 47.5 Å². The third-order valence-corrected chi connectivity index (χ3v) is 5.57. The van der Waals surface area contributed by atoms with E-state index in [1.54, 1.807) is 37.4 Å². The van der Waals surface area contributed by atoms with E-state index >= 15 is 0 Å². The van der Waals surface area contributed by atoms with Gasteiger partial charge in [-0.1, -0.05) is 65.1 Å². The quantitative estimate of drug-likeness (QED) is 0.284. The molecule has 1 N–H and O–H groups in total. The molecule has 8 heteroatoms. The Morgan fingerprint density at radius 1 is 1.03 bits per heavy atom. The maximum absolute atomic E-state index is 12.5. The number of carbonyl (C=O) groups excluding carboxylic acids is 1. The molecule has 0 radical (unpaired) electrons. The standard InChI is InChI=1S/C25H19Cl3N2O3/c1-32-20-8-6-16(7-9-20)14-30-25(31)19(13-29)10-17-11-22(27)24(23(28)12-17)33-15-18-4-2-3-5-21(18)26/h2-12H,14-15H2,1H3,(H,30,31)/b19-10-. The summed E-state index contributed by atoms with van der Waals surface area (Å²) in [6.45, 7) is 0.448. The molecule has 0 heterocycles. The number of nitrogens with zero attached hydrogens (tertiary/aromatic N) is 1. The minimum atomic E-state index is -0.514. The highest BCUT2D eigenvalue weighted by Crippen LogP contribution is 2.35. The molecule has 3 aromatic carbocycles. The zero-order chi connectivity index (χ0) is 23.8. The molecule has 0 aliphatic rings. The van der Waals surface area contributed by atoms with Gasteiger partial charge in [0.2, 0.25) is 0 Å². The summed E-state index contributed by atoms with van der Waals surface area (Å²) in [6.07, 6.45) is 1.42. The Morgan fingerprint density at radius 2 is 1.70 bits per heavy atom. The van der Waals surface area contributed by atoms with E-state index in [1.165, 1.54) is 6.08 Å². The van der Waals surface area contributed by atoms with Crippen molar-refractivity contribution in [3.8, 4) is 17.6 Å². The molecule has 0 aliphatic heterocycles. The smallest absolute Gasteiger partial charge is 0.262 e. The molecule has 0 spiro atoms. The molecule has 33 heavy (non-hydrogen) atoms. The van der Waals surface area contributed by atoms with Crippen molar-refractivity contribution in [1.29, 1.82) is 5.26 Å². The zero-order valence-electron chi connectivity index (χ0n) is 17.6. The van der Waals surface area contributed by atoms with E-state index in [2.05, 4.69) is 5.32 Å². The number of amides is 1. The Kier molecular flexibility index (Phi) is 8.62. The van der Waals surface area contributed by atoms with Gasteiger partial charge in [-0.3, -0.25) is 4.79 Å². The van der Waals surface area contributed by atoms with E-state index in [-0.39, 0.29) is 34.5 Å². The van der Waals surface area contributed by atoms with Gasteiger partial charge in [0.1, 0.15) is 24.0 Å². The van der Waals surface area contributed by atoms with Crippen LogP contribution in [0.15, 0.2) is 66.2 Å². The Hall–Kier alpha value is -3.17. The first-order valence-electron chi connectivity index (χ1n) is 9.79. The lowest BCUT2D eigenvalue weighted by atomic mass is 10.1. The van der Waals surface area contributed by atoms with Crippen LogP contribution < -0.4 is 14.8 Å². The summed E-state index contributed by atoms with van der Waals surface area (Å²) in [5.41, 5.74) is 2.06. The van der Waals surface area contributed by atoms with Gasteiger partial charge in [0.05, 0.1) is 17.2 Å². The Labute approximate surface area is 207 Å². The van der Waals surface area contributed by atoms with Crippen LogP contribution in [0.1, 0.15) is 16.7 Å². The fourth-order valence-corrected chi connectivity index (χ4v) is 3.71. The topological polar surface area (TPSA) is 71.3 Å². The molecule has 0 aliphatic carbocycles. The fraction of sp³-hybridized carbons (Fsp3) is 0.120. The molecule has 3 aromatic rings. The van der Waals surface area contributed by atoms with Gasteiger partial charge >= 0.3 is 0 Å². The largest absolute Gasteiger partial charge is 0.497 e. The number of nitrogens with one attached hydrogen (secondary N) is 1. The van der Waals surface area contributed by atoms with Crippen LogP contribution in [0, 0.1) is 11.3 Å². The summed E-state index contributed by atoms with van der Waals surface area (Å²) < 4.78 is 10.9. The van der Waals surface area contributed by atoms with Crippen molar-refractivity contribution in [2.75, 3.05) is 7.11 Å². The second kappa shape index (κ2) is 11.6. The van der Waals surface area contributed by atoms with E-state index in [0.29, 0.717) is 10.6 Å². The number of carbonyl (C=O) groups is 1. The summed E-state index contributed by atoms with van der Waals surface area (Å²) >= 11 is 18.8. The van der Waals surface area contributed by atoms with Gasteiger partial charge in [-0.2, -0.15) is 5.26 Å². The predicted molar refractivity (Wildman–Crippen MR) is 131 cm³/mol. The van der Waals surface area contributed by atoms with Gasteiger partial charge < -0.3 is 14.8 Å². The van der Waals surface area contributed by atoms with Crippen molar-refractivity contribution in [2.45, 2.75) is 13.2 Å². The SMILES string of the molecule is COc1ccc(CNC(=O)/C(C#N)=C\c2cc(Cl)c(OCc3ccccc3Cl)c(Cl)c2)cc1. The molecular weight excluding hydrogens is 483 g/mol. The molecule has 168 valence electrons. The molecule has 0 unspecified atom stereocenters. The van der Waals surface area contributed by atoms with Crippen LogP contribution in [-0.4, -0.2) is 13.0 Å². The van der Waals surface area contributed by atoms with Gasteiger partial charge in [0.25, 0.3) is 5.91 Å². The second-order valence-corrected chi connectivity index (χ2v) is 8.12. The number of nitriles is 1. The highest BCUT2D eigenvalue weighted by atomic mass is 35.5. The van der Waals surface area contributed by atoms with E-state index in [9.17, 15) is 10.1 Å². The minimum Gasteiger partial charge on any atom is -0.497 e. The van der Waals surface area contributed by atoms with Crippen molar-refractivity contribution in [3.05, 3.63) is 98.0 Å². The Balaban J connectivity index is 1.70. The van der Waals surface area contributed by atoms with Crippen LogP contribution in [0.4, 0.5) is 0 Å². The van der Waals surface area contributed by atoms with Crippen LogP contribution in [0.25, 0.3) is 6.08 Å². The molecular formula is C25H19Cl3N2O3. The van der Waals surface area contributed by atoms with Crippen LogP contribution in [0.2, 0.25) is 15.1 Å². The molecule has 1 amide bonds. The molecule has 0 atom stereocenters. The predicted octanol–water partition coefficient (Wildman–Crippen LogP) is 6.46. The van der Waals surface area contributed by atoms with Crippen molar-refractivity contribution < 1.29 is 14.3 Å². The lowest BCUT2D eigenvalue weighted by Crippen LogP contribution is -2.23. The molecule has 0 saturated carbocycles. The monoisotopic (exact) mass is 500 g/mol. The highest BCUT2D eigenvalue weighted by Gasteiger charge is 2.13. The third-order valence-electron chi connectivity index (χ3n) is 4.64. The first-order chi connectivity index (χ1) is 15.9. The third kappa shape index (κ3) is 6.66. The number of ether oxygens (including phenoxy) is 2. The lowest BCUT2D eigenvalue weighted by molar-refractivity contribution is -0.117. The molecule has 0 aromatic heterocycles. The summed E-state index contributed by atoms with van der Waals surface area (Å²) in [5, 5.41) is 13.2. The summed E-state index contributed by atoms with van der Waals surface area (Å²) in [5.74, 6) is 0.494. The molecule has 3 rings (SSSR count). The van der Waals surface area contributed by atoms with E-state index in [4.69, 9.17) is 44.3 Å². The summed E-state index contributed by atoms with van der Waals surface area (Å²) in [4.78, 5) is 12.5. The van der Waals surface area contributed by atoms with E-state index in [0.717, 1.165) is 16.9 Å². The number of methoxy groups -OCH3 is 1. The Morgan fingerprint density at radius 3 is 2.30 bits per heavy atom. The van der Waals surface area contributed by atoms with E-state index in [1.807, 2.05) is 36.4 Å². The maximum Gasteiger partial charge on any atom is 0.262 e. The normalized spacial score (nSPS) is 10.9. The molecule has 5 nitrogen and oxygen atoms in total. The van der Waals surface area contributed by atoms with Crippen LogP contribution in [0.5, 0.6) is 11.5 Å². The van der Waals surface area contributed by atoms with Crippen LogP contribution in [0.3, 0.4) is 0 Å². The number of rotatable bonds is 8. The van der Waals surface area contributed by atoms with Crippen molar-refractivity contribution in [1.82, 2.24) is 5.32 Å². The average Bonchev–Trinajstić information content (AvgIpc) is 2.81. The van der Waals surface area contributed by atoms with Crippen LogP contribution >= 0.6 is 34.8 Å². The molecule has 0 saturated heterocycles. The molecule has 0 bridgehead atoms. The first kappa shape index (κ1) is 24.5. The zero-order valence-corrected chi connectivity index (χ0v) is 19.8. The van der Waals surface area contributed by atoms with Gasteiger partial charge in [-0.25, -0.2) is 0 Å². The van der Waals surface area contributed by atoms with Crippen molar-refractivity contribution in [2.24, 2.45) is 0 Å². The molecule has 0 fully saturated rings. The van der Waals surface area contributed by atoms with Crippen LogP contribution in [-0.2, 0) is 17.9 Å². The fourth-order valence-electron chi connectivity index (χ4n) is 2.90. The van der Waals surface area contributed by atoms with Gasteiger partial charge in [-0.15, -0.1) is 0 Å². The number of halogens is 3. The van der Waals surface area contributed by atoms with Gasteiger partial charge in [0, 0.05) is 17.1 Å². The summed E-state index contributed by atoms with van der Waals surface area (Å²) in [6, 6.07) is 19.6. The number of hydrogen-bond acceptors (Lipinski definition) is 4. The maximum atomic E-state index is 12.5. The number of hydrogen-bond donors (Lipinski definition) is 1. The lowest BCUT2D eigenvalue weighted by Gasteiger charge is -2.12. The van der Waals surface area contributed by atoms with Crippen molar-refractivity contribution >= 4 is 46.8 Å². The first-order valence-corrected chi connectivity index (χ1v) is 10.9.